The van der Waals surface area contributed by atoms with Crippen LogP contribution in [0.1, 0.15) is 42.6 Å². The van der Waals surface area contributed by atoms with Crippen molar-refractivity contribution in [3.63, 3.8) is 0 Å². The molecule has 1 atom stereocenters. The number of ether oxygens (including phenoxy) is 1. The van der Waals surface area contributed by atoms with E-state index in [1.165, 1.54) is 11.1 Å². The molecule has 25 heavy (non-hydrogen) atoms. The summed E-state index contributed by atoms with van der Waals surface area (Å²) in [6.07, 6.45) is 5.90. The number of hydrogen-bond donors (Lipinski definition) is 1. The van der Waals surface area contributed by atoms with E-state index < -0.39 is 0 Å². The summed E-state index contributed by atoms with van der Waals surface area (Å²) in [5, 5.41) is 3.74. The fourth-order valence-electron chi connectivity index (χ4n) is 4.03. The predicted octanol–water partition coefficient (Wildman–Crippen LogP) is 3.75. The zero-order chi connectivity index (χ0) is 17.4. The highest BCUT2D eigenvalue weighted by Crippen LogP contribution is 2.49. The number of aromatic nitrogens is 2. The van der Waals surface area contributed by atoms with Crippen molar-refractivity contribution in [2.24, 2.45) is 0 Å². The van der Waals surface area contributed by atoms with Crippen LogP contribution in [0.15, 0.2) is 30.6 Å². The number of benzene rings is 1. The Labute approximate surface area is 153 Å². The molecule has 1 saturated heterocycles. The van der Waals surface area contributed by atoms with Gasteiger partial charge in [-0.3, -0.25) is 4.90 Å². The Morgan fingerprint density at radius 2 is 2.00 bits per heavy atom. The number of nitrogens with zero attached hydrogens (tertiary/aromatic N) is 3. The molecule has 1 fully saturated rings. The van der Waals surface area contributed by atoms with Crippen LogP contribution in [0.25, 0.3) is 0 Å². The van der Waals surface area contributed by atoms with E-state index in [0.717, 1.165) is 43.1 Å². The second kappa shape index (κ2) is 6.56. The zero-order valence-corrected chi connectivity index (χ0v) is 15.4. The minimum Gasteiger partial charge on any atom is -0.363 e. The van der Waals surface area contributed by atoms with Crippen molar-refractivity contribution in [3.05, 3.63) is 52.3 Å². The summed E-state index contributed by atoms with van der Waals surface area (Å²) in [6, 6.07) is 6.17. The zero-order valence-electron chi connectivity index (χ0n) is 14.6. The summed E-state index contributed by atoms with van der Waals surface area (Å²) in [7, 11) is 1.83. The first-order valence-electron chi connectivity index (χ1n) is 8.78. The van der Waals surface area contributed by atoms with Crippen LogP contribution in [-0.2, 0) is 16.9 Å². The quantitative estimate of drug-likeness (QED) is 0.905. The number of likely N-dealkylation sites (tertiary alicyclic amines) is 1. The van der Waals surface area contributed by atoms with Gasteiger partial charge in [0.25, 0.3) is 0 Å². The summed E-state index contributed by atoms with van der Waals surface area (Å²) in [5.74, 6) is 0.656. The molecule has 6 heteroatoms. The Balaban J connectivity index is 1.46. The highest BCUT2D eigenvalue weighted by Gasteiger charge is 2.45. The van der Waals surface area contributed by atoms with Crippen LogP contribution >= 0.6 is 11.6 Å². The normalized spacial score (nSPS) is 22.1. The highest BCUT2D eigenvalue weighted by atomic mass is 35.5. The number of nitrogens with one attached hydrogen (secondary N) is 1. The SMILES string of the molecule is CNc1ncc(CN2CCC3(CC2)OC(C)c2ccc(Cl)cc23)cn1. The largest absolute Gasteiger partial charge is 0.363 e. The Morgan fingerprint density at radius 3 is 2.68 bits per heavy atom. The molecule has 1 aromatic carbocycles. The lowest BCUT2D eigenvalue weighted by molar-refractivity contribution is -0.104. The lowest BCUT2D eigenvalue weighted by Gasteiger charge is -2.39. The van der Waals surface area contributed by atoms with Gasteiger partial charge in [0.1, 0.15) is 0 Å². The van der Waals surface area contributed by atoms with Crippen LogP contribution in [-0.4, -0.2) is 35.0 Å². The maximum absolute atomic E-state index is 6.43. The Morgan fingerprint density at radius 1 is 1.28 bits per heavy atom. The number of halogens is 1. The van der Waals surface area contributed by atoms with Crippen molar-refractivity contribution in [3.8, 4) is 0 Å². The van der Waals surface area contributed by atoms with E-state index in [2.05, 4.69) is 39.2 Å². The molecule has 132 valence electrons. The average molecular weight is 359 g/mol. The van der Waals surface area contributed by atoms with Crippen LogP contribution in [0.2, 0.25) is 5.02 Å². The fraction of sp³-hybridized carbons (Fsp3) is 0.474. The third-order valence-electron chi connectivity index (χ3n) is 5.35. The van der Waals surface area contributed by atoms with Crippen molar-refractivity contribution in [2.75, 3.05) is 25.5 Å². The van der Waals surface area contributed by atoms with Gasteiger partial charge in [-0.2, -0.15) is 0 Å². The molecule has 1 N–H and O–H groups in total. The van der Waals surface area contributed by atoms with Gasteiger partial charge in [0.15, 0.2) is 0 Å². The predicted molar refractivity (Wildman–Crippen MR) is 98.7 cm³/mol. The molecule has 1 unspecified atom stereocenters. The van der Waals surface area contributed by atoms with Crippen molar-refractivity contribution in [2.45, 2.75) is 38.0 Å². The lowest BCUT2D eigenvalue weighted by atomic mass is 9.83. The summed E-state index contributed by atoms with van der Waals surface area (Å²) in [5.41, 5.74) is 3.53. The first-order chi connectivity index (χ1) is 12.1. The first kappa shape index (κ1) is 16.8. The van der Waals surface area contributed by atoms with E-state index >= 15 is 0 Å². The molecular formula is C19H23ClN4O. The standard InChI is InChI=1S/C19H23ClN4O/c1-13-16-4-3-15(20)9-17(16)19(25-13)5-7-24(8-6-19)12-14-10-22-18(21-2)23-11-14/h3-4,9-11,13H,5-8,12H2,1-2H3,(H,21,22,23). The third-order valence-corrected chi connectivity index (χ3v) is 5.58. The van der Waals surface area contributed by atoms with Crippen molar-refractivity contribution in [1.29, 1.82) is 0 Å². The minimum absolute atomic E-state index is 0.140. The third kappa shape index (κ3) is 3.12. The van der Waals surface area contributed by atoms with Crippen molar-refractivity contribution >= 4 is 17.5 Å². The number of hydrogen-bond acceptors (Lipinski definition) is 5. The summed E-state index contributed by atoms with van der Waals surface area (Å²) in [4.78, 5) is 11.0. The Hall–Kier alpha value is -1.69. The number of rotatable bonds is 3. The summed E-state index contributed by atoms with van der Waals surface area (Å²) < 4.78 is 6.43. The lowest BCUT2D eigenvalue weighted by Crippen LogP contribution is -2.42. The fourth-order valence-corrected chi connectivity index (χ4v) is 4.20. The first-order valence-corrected chi connectivity index (χ1v) is 9.16. The molecule has 0 saturated carbocycles. The van der Waals surface area contributed by atoms with E-state index in [9.17, 15) is 0 Å². The Kier molecular flexibility index (Phi) is 4.40. The van der Waals surface area contributed by atoms with Gasteiger partial charge in [0, 0.05) is 49.7 Å². The molecule has 2 aromatic rings. The van der Waals surface area contributed by atoms with Crippen LogP contribution in [0, 0.1) is 0 Å². The molecule has 0 aliphatic carbocycles. The van der Waals surface area contributed by atoms with Crippen LogP contribution < -0.4 is 5.32 Å². The molecule has 3 heterocycles. The highest BCUT2D eigenvalue weighted by molar-refractivity contribution is 6.30. The van der Waals surface area contributed by atoms with Crippen LogP contribution in [0.3, 0.4) is 0 Å². The van der Waals surface area contributed by atoms with Crippen LogP contribution in [0.4, 0.5) is 5.95 Å². The molecule has 4 rings (SSSR count). The second-order valence-corrected chi connectivity index (χ2v) is 7.36. The summed E-state index contributed by atoms with van der Waals surface area (Å²) in [6.45, 7) is 4.99. The van der Waals surface area contributed by atoms with Crippen molar-refractivity contribution < 1.29 is 4.74 Å². The van der Waals surface area contributed by atoms with E-state index in [-0.39, 0.29) is 11.7 Å². The molecule has 1 spiro atoms. The van der Waals surface area contributed by atoms with Gasteiger partial charge >= 0.3 is 0 Å². The molecule has 2 aliphatic rings. The number of anilines is 1. The number of fused-ring (bicyclic) bond motifs is 2. The van der Waals surface area contributed by atoms with E-state index in [1.807, 2.05) is 25.5 Å². The van der Waals surface area contributed by atoms with Gasteiger partial charge < -0.3 is 10.1 Å². The molecule has 5 nitrogen and oxygen atoms in total. The van der Waals surface area contributed by atoms with Gasteiger partial charge in [-0.15, -0.1) is 0 Å². The average Bonchev–Trinajstić information content (AvgIpc) is 2.89. The molecule has 0 radical (unpaired) electrons. The van der Waals surface area contributed by atoms with Crippen LogP contribution in [0.5, 0.6) is 0 Å². The molecule has 1 aromatic heterocycles. The summed E-state index contributed by atoms with van der Waals surface area (Å²) >= 11 is 6.25. The van der Waals surface area contributed by atoms with E-state index in [4.69, 9.17) is 16.3 Å². The molecule has 0 amide bonds. The maximum atomic E-state index is 6.43. The van der Waals surface area contributed by atoms with Crippen molar-refractivity contribution in [1.82, 2.24) is 14.9 Å². The van der Waals surface area contributed by atoms with E-state index in [0.29, 0.717) is 5.95 Å². The molecule has 0 bridgehead atoms. The second-order valence-electron chi connectivity index (χ2n) is 6.93. The molecule has 2 aliphatic heterocycles. The molecular weight excluding hydrogens is 336 g/mol. The van der Waals surface area contributed by atoms with Gasteiger partial charge in [-0.05, 0) is 43.0 Å². The number of piperidine rings is 1. The van der Waals surface area contributed by atoms with Gasteiger partial charge in [-0.25, -0.2) is 9.97 Å². The topological polar surface area (TPSA) is 50.3 Å². The van der Waals surface area contributed by atoms with Gasteiger partial charge in [0.05, 0.1) is 11.7 Å². The smallest absolute Gasteiger partial charge is 0.222 e. The van der Waals surface area contributed by atoms with Gasteiger partial charge in [0.2, 0.25) is 5.95 Å². The maximum Gasteiger partial charge on any atom is 0.222 e. The Bertz CT molecular complexity index is 757. The minimum atomic E-state index is -0.178. The monoisotopic (exact) mass is 358 g/mol. The van der Waals surface area contributed by atoms with E-state index in [1.54, 1.807) is 0 Å². The van der Waals surface area contributed by atoms with Gasteiger partial charge in [-0.1, -0.05) is 17.7 Å².